The van der Waals surface area contributed by atoms with Gasteiger partial charge in [0, 0.05) is 18.0 Å². The lowest BCUT2D eigenvalue weighted by Gasteiger charge is -2.03. The summed E-state index contributed by atoms with van der Waals surface area (Å²) in [5.74, 6) is 1.36. The van der Waals surface area contributed by atoms with Crippen LogP contribution in [0.15, 0.2) is 30.6 Å². The van der Waals surface area contributed by atoms with Crippen molar-refractivity contribution in [1.82, 2.24) is 24.9 Å². The summed E-state index contributed by atoms with van der Waals surface area (Å²) in [6.07, 6.45) is 3.31. The van der Waals surface area contributed by atoms with Crippen molar-refractivity contribution >= 4 is 17.0 Å². The van der Waals surface area contributed by atoms with Crippen LogP contribution >= 0.6 is 0 Å². The first-order chi connectivity index (χ1) is 8.72. The zero-order valence-corrected chi connectivity index (χ0v) is 9.70. The number of nitrogens with zero attached hydrogens (tertiary/aromatic N) is 5. The van der Waals surface area contributed by atoms with E-state index in [9.17, 15) is 0 Å². The molecule has 1 aromatic carbocycles. The predicted molar refractivity (Wildman–Crippen MR) is 67.5 cm³/mol. The molecule has 0 aliphatic heterocycles. The van der Waals surface area contributed by atoms with Gasteiger partial charge in [-0.25, -0.2) is 4.98 Å². The molecule has 2 heterocycles. The van der Waals surface area contributed by atoms with Crippen LogP contribution < -0.4 is 5.73 Å². The molecule has 0 radical (unpaired) electrons. The molecular weight excluding hydrogens is 228 g/mol. The lowest BCUT2D eigenvalue weighted by Crippen LogP contribution is -2.01. The molecule has 2 N–H and O–H groups in total. The average molecular weight is 238 g/mol. The van der Waals surface area contributed by atoms with Gasteiger partial charge in [-0.15, -0.1) is 0 Å². The molecule has 6 nitrogen and oxygen atoms in total. The molecule has 0 aliphatic rings. The summed E-state index contributed by atoms with van der Waals surface area (Å²) in [7, 11) is 0. The van der Waals surface area contributed by atoms with Crippen molar-refractivity contribution in [3.63, 3.8) is 0 Å². The number of aromatic nitrogens is 5. The molecule has 3 aromatic rings. The number of anilines is 1. The Hall–Kier alpha value is -2.63. The van der Waals surface area contributed by atoms with Crippen LogP contribution in [0.1, 0.15) is 5.82 Å². The molecular formula is C12H10N6. The highest BCUT2D eigenvalue weighted by Crippen LogP contribution is 2.19. The van der Waals surface area contributed by atoms with Crippen LogP contribution in [-0.4, -0.2) is 24.9 Å². The minimum Gasteiger partial charge on any atom is -0.368 e. The third-order valence-electron chi connectivity index (χ3n) is 2.49. The fraction of sp³-hybridized carbons (Fsp3) is 0.0833. The van der Waals surface area contributed by atoms with Gasteiger partial charge in [0.15, 0.2) is 5.82 Å². The second-order valence-corrected chi connectivity index (χ2v) is 3.82. The van der Waals surface area contributed by atoms with Gasteiger partial charge in [0.2, 0.25) is 5.95 Å². The maximum atomic E-state index is 5.62. The molecule has 0 bridgehead atoms. The normalized spacial score (nSPS) is 10.7. The smallest absolute Gasteiger partial charge is 0.223 e. The highest BCUT2D eigenvalue weighted by molar-refractivity contribution is 5.79. The summed E-state index contributed by atoms with van der Waals surface area (Å²) in [5, 5.41) is 0. The van der Waals surface area contributed by atoms with Gasteiger partial charge in [-0.3, -0.25) is 9.97 Å². The lowest BCUT2D eigenvalue weighted by atomic mass is 10.2. The number of aryl methyl sites for hydroxylation is 1. The Morgan fingerprint density at radius 2 is 1.72 bits per heavy atom. The quantitative estimate of drug-likeness (QED) is 0.688. The molecule has 0 fully saturated rings. The topological polar surface area (TPSA) is 90.5 Å². The second kappa shape index (κ2) is 3.99. The fourth-order valence-electron chi connectivity index (χ4n) is 1.73. The Morgan fingerprint density at radius 3 is 2.50 bits per heavy atom. The van der Waals surface area contributed by atoms with E-state index >= 15 is 0 Å². The van der Waals surface area contributed by atoms with Crippen LogP contribution in [0.3, 0.4) is 0 Å². The maximum absolute atomic E-state index is 5.62. The summed E-state index contributed by atoms with van der Waals surface area (Å²) >= 11 is 0. The van der Waals surface area contributed by atoms with Gasteiger partial charge in [0.05, 0.1) is 11.0 Å². The van der Waals surface area contributed by atoms with Crippen LogP contribution in [0.4, 0.5) is 5.95 Å². The van der Waals surface area contributed by atoms with Crippen molar-refractivity contribution in [2.75, 3.05) is 5.73 Å². The first-order valence-electron chi connectivity index (χ1n) is 5.42. The Morgan fingerprint density at radius 1 is 0.944 bits per heavy atom. The van der Waals surface area contributed by atoms with Gasteiger partial charge in [-0.1, -0.05) is 0 Å². The van der Waals surface area contributed by atoms with Gasteiger partial charge < -0.3 is 5.73 Å². The molecule has 0 atom stereocenters. The molecule has 0 amide bonds. The van der Waals surface area contributed by atoms with Crippen LogP contribution in [0.5, 0.6) is 0 Å². The van der Waals surface area contributed by atoms with Crippen LogP contribution in [0.2, 0.25) is 0 Å². The summed E-state index contributed by atoms with van der Waals surface area (Å²) < 4.78 is 0. The van der Waals surface area contributed by atoms with Gasteiger partial charge in [-0.05, 0) is 25.1 Å². The molecule has 0 saturated heterocycles. The molecule has 0 spiro atoms. The molecule has 6 heteroatoms. The van der Waals surface area contributed by atoms with Crippen LogP contribution in [0.25, 0.3) is 22.4 Å². The average Bonchev–Trinajstić information content (AvgIpc) is 2.37. The molecule has 0 unspecified atom stereocenters. The predicted octanol–water partition coefficient (Wildman–Crippen LogP) is 1.37. The zero-order valence-electron chi connectivity index (χ0n) is 9.70. The zero-order chi connectivity index (χ0) is 12.5. The molecule has 18 heavy (non-hydrogen) atoms. The lowest BCUT2D eigenvalue weighted by molar-refractivity contribution is 0.997. The van der Waals surface area contributed by atoms with E-state index in [1.807, 2.05) is 18.2 Å². The molecule has 3 rings (SSSR count). The SMILES string of the molecule is Cc1nc(N)nc(-c2ccc3nccnc3c2)n1. The number of hydrogen-bond acceptors (Lipinski definition) is 6. The minimum atomic E-state index is 0.219. The number of fused-ring (bicyclic) bond motifs is 1. The monoisotopic (exact) mass is 238 g/mol. The Bertz CT molecular complexity index is 704. The van der Waals surface area contributed by atoms with E-state index in [1.54, 1.807) is 19.3 Å². The third kappa shape index (κ3) is 1.84. The summed E-state index contributed by atoms with van der Waals surface area (Å²) in [6.45, 7) is 1.78. The van der Waals surface area contributed by atoms with Gasteiger partial charge in [0.1, 0.15) is 5.82 Å². The van der Waals surface area contributed by atoms with E-state index in [0.29, 0.717) is 11.6 Å². The highest BCUT2D eigenvalue weighted by Gasteiger charge is 2.06. The maximum Gasteiger partial charge on any atom is 0.223 e. The van der Waals surface area contributed by atoms with Gasteiger partial charge in [0.25, 0.3) is 0 Å². The first-order valence-corrected chi connectivity index (χ1v) is 5.42. The molecule has 88 valence electrons. The largest absolute Gasteiger partial charge is 0.368 e. The number of rotatable bonds is 1. The van der Waals surface area contributed by atoms with Crippen LogP contribution in [-0.2, 0) is 0 Å². The third-order valence-corrected chi connectivity index (χ3v) is 2.49. The van der Waals surface area contributed by atoms with E-state index < -0.39 is 0 Å². The number of hydrogen-bond donors (Lipinski definition) is 1. The number of nitrogens with two attached hydrogens (primary N) is 1. The molecule has 2 aromatic heterocycles. The minimum absolute atomic E-state index is 0.219. The Balaban J connectivity index is 2.19. The summed E-state index contributed by atoms with van der Waals surface area (Å²) in [5.41, 5.74) is 8.10. The second-order valence-electron chi connectivity index (χ2n) is 3.82. The van der Waals surface area contributed by atoms with Crippen LogP contribution in [0, 0.1) is 6.92 Å². The molecule has 0 aliphatic carbocycles. The summed E-state index contributed by atoms with van der Waals surface area (Å²) in [6, 6.07) is 5.66. The van der Waals surface area contributed by atoms with Crippen molar-refractivity contribution in [3.05, 3.63) is 36.4 Å². The Labute approximate surface area is 103 Å². The van der Waals surface area contributed by atoms with Crippen molar-refractivity contribution in [2.45, 2.75) is 6.92 Å². The first kappa shape index (κ1) is 10.5. The van der Waals surface area contributed by atoms with E-state index in [2.05, 4.69) is 24.9 Å². The number of nitrogen functional groups attached to an aromatic ring is 1. The van der Waals surface area contributed by atoms with Crippen molar-refractivity contribution < 1.29 is 0 Å². The van der Waals surface area contributed by atoms with Crippen molar-refractivity contribution in [1.29, 1.82) is 0 Å². The number of benzene rings is 1. The van der Waals surface area contributed by atoms with E-state index in [-0.39, 0.29) is 5.95 Å². The van der Waals surface area contributed by atoms with Crippen molar-refractivity contribution in [2.24, 2.45) is 0 Å². The van der Waals surface area contributed by atoms with E-state index in [0.717, 1.165) is 16.6 Å². The van der Waals surface area contributed by atoms with Gasteiger partial charge >= 0.3 is 0 Å². The highest BCUT2D eigenvalue weighted by atomic mass is 15.1. The summed E-state index contributed by atoms with van der Waals surface area (Å²) in [4.78, 5) is 20.8. The standard InChI is InChI=1S/C12H10N6/c1-7-16-11(18-12(13)17-7)8-2-3-9-10(6-8)15-5-4-14-9/h2-6H,1H3,(H2,13,16,17,18). The fourth-order valence-corrected chi connectivity index (χ4v) is 1.73. The van der Waals surface area contributed by atoms with Gasteiger partial charge in [-0.2, -0.15) is 9.97 Å². The molecule has 0 saturated carbocycles. The van der Waals surface area contributed by atoms with Crippen molar-refractivity contribution in [3.8, 4) is 11.4 Å². The van der Waals surface area contributed by atoms with E-state index in [4.69, 9.17) is 5.73 Å². The van der Waals surface area contributed by atoms with E-state index in [1.165, 1.54) is 0 Å². The Kier molecular flexibility index (Phi) is 2.33.